The van der Waals surface area contributed by atoms with Crippen molar-refractivity contribution in [3.8, 4) is 0 Å². The predicted octanol–water partition coefficient (Wildman–Crippen LogP) is 12.6. The zero-order chi connectivity index (χ0) is 30.6. The molecule has 0 aromatic carbocycles. The van der Waals surface area contributed by atoms with Crippen LogP contribution in [0.15, 0.2) is 0 Å². The summed E-state index contributed by atoms with van der Waals surface area (Å²) in [5, 5.41) is 0. The lowest BCUT2D eigenvalue weighted by Gasteiger charge is -2.07. The molecule has 0 fully saturated rings. The maximum absolute atomic E-state index is 11.9. The van der Waals surface area contributed by atoms with Gasteiger partial charge in [0, 0.05) is 12.8 Å². The van der Waals surface area contributed by atoms with Crippen molar-refractivity contribution in [1.29, 1.82) is 0 Å². The van der Waals surface area contributed by atoms with Crippen molar-refractivity contribution in [2.75, 3.05) is 13.2 Å². The fourth-order valence-electron chi connectivity index (χ4n) is 5.65. The first kappa shape index (κ1) is 40.9. The van der Waals surface area contributed by atoms with Gasteiger partial charge in [-0.05, 0) is 25.7 Å². The molecule has 0 aliphatic heterocycles. The number of carbonyl (C=O) groups is 2. The van der Waals surface area contributed by atoms with Gasteiger partial charge in [0.05, 0.1) is 13.2 Å². The summed E-state index contributed by atoms with van der Waals surface area (Å²) in [7, 11) is 0. The summed E-state index contributed by atoms with van der Waals surface area (Å²) < 4.78 is 10.7. The molecule has 0 aliphatic carbocycles. The molecule has 0 saturated heterocycles. The van der Waals surface area contributed by atoms with Crippen LogP contribution >= 0.6 is 0 Å². The third-order valence-corrected chi connectivity index (χ3v) is 8.53. The van der Waals surface area contributed by atoms with Crippen LogP contribution in [0.5, 0.6) is 0 Å². The normalized spacial score (nSPS) is 11.2. The van der Waals surface area contributed by atoms with Crippen molar-refractivity contribution < 1.29 is 19.1 Å². The molecular weight excluding hydrogens is 520 g/mol. The van der Waals surface area contributed by atoms with E-state index in [0.29, 0.717) is 26.1 Å². The lowest BCUT2D eigenvalue weighted by atomic mass is 10.0. The van der Waals surface area contributed by atoms with Crippen molar-refractivity contribution in [3.63, 3.8) is 0 Å². The second-order valence-corrected chi connectivity index (χ2v) is 12.8. The summed E-state index contributed by atoms with van der Waals surface area (Å²) in [4.78, 5) is 23.8. The zero-order valence-electron chi connectivity index (χ0n) is 28.7. The Morgan fingerprint density at radius 1 is 0.310 bits per heavy atom. The fourth-order valence-corrected chi connectivity index (χ4v) is 5.65. The van der Waals surface area contributed by atoms with Crippen LogP contribution in [0.2, 0.25) is 0 Å². The van der Waals surface area contributed by atoms with Crippen LogP contribution in [-0.2, 0) is 19.1 Å². The van der Waals surface area contributed by atoms with Crippen LogP contribution in [0.4, 0.5) is 0 Å². The van der Waals surface area contributed by atoms with Crippen molar-refractivity contribution >= 4 is 11.9 Å². The van der Waals surface area contributed by atoms with Gasteiger partial charge in [0.2, 0.25) is 0 Å². The number of esters is 2. The van der Waals surface area contributed by atoms with Crippen LogP contribution in [0.3, 0.4) is 0 Å². The number of unbranched alkanes of at least 4 members (excludes halogenated alkanes) is 27. The van der Waals surface area contributed by atoms with E-state index in [4.69, 9.17) is 9.47 Å². The molecule has 0 aromatic heterocycles. The first-order valence-electron chi connectivity index (χ1n) is 19.0. The molecule has 0 N–H and O–H groups in total. The van der Waals surface area contributed by atoms with E-state index in [0.717, 1.165) is 38.5 Å². The second kappa shape index (κ2) is 36.1. The van der Waals surface area contributed by atoms with E-state index < -0.39 is 0 Å². The Labute approximate surface area is 263 Å². The smallest absolute Gasteiger partial charge is 0.305 e. The van der Waals surface area contributed by atoms with Gasteiger partial charge in [-0.25, -0.2) is 0 Å². The zero-order valence-corrected chi connectivity index (χ0v) is 28.7. The molecule has 42 heavy (non-hydrogen) atoms. The van der Waals surface area contributed by atoms with E-state index in [2.05, 4.69) is 13.8 Å². The molecule has 4 nitrogen and oxygen atoms in total. The summed E-state index contributed by atoms with van der Waals surface area (Å²) in [5.41, 5.74) is 0. The Morgan fingerprint density at radius 3 is 0.762 bits per heavy atom. The average Bonchev–Trinajstić information content (AvgIpc) is 2.99. The lowest BCUT2D eigenvalue weighted by Crippen LogP contribution is -2.08. The molecule has 0 amide bonds. The van der Waals surface area contributed by atoms with E-state index in [-0.39, 0.29) is 11.9 Å². The Bertz CT molecular complexity index is 547. The number of hydrogen-bond donors (Lipinski definition) is 0. The van der Waals surface area contributed by atoms with Crippen molar-refractivity contribution in [2.45, 2.75) is 219 Å². The third-order valence-electron chi connectivity index (χ3n) is 8.53. The Hall–Kier alpha value is -1.06. The van der Waals surface area contributed by atoms with Crippen LogP contribution in [-0.4, -0.2) is 25.2 Å². The molecule has 250 valence electrons. The number of carbonyl (C=O) groups excluding carboxylic acids is 2. The molecule has 0 bridgehead atoms. The third kappa shape index (κ3) is 35.1. The number of hydrogen-bond acceptors (Lipinski definition) is 4. The predicted molar refractivity (Wildman–Crippen MR) is 181 cm³/mol. The van der Waals surface area contributed by atoms with E-state index >= 15 is 0 Å². The highest BCUT2D eigenvalue weighted by Gasteiger charge is 2.05. The Morgan fingerprint density at radius 2 is 0.524 bits per heavy atom. The highest BCUT2D eigenvalue weighted by atomic mass is 16.5. The number of rotatable bonds is 35. The summed E-state index contributed by atoms with van der Waals surface area (Å²) in [6, 6.07) is 0. The van der Waals surface area contributed by atoms with Crippen LogP contribution in [0.1, 0.15) is 219 Å². The monoisotopic (exact) mass is 595 g/mol. The second-order valence-electron chi connectivity index (χ2n) is 12.8. The molecule has 0 spiro atoms. The number of ether oxygens (including phenoxy) is 2. The highest BCUT2D eigenvalue weighted by molar-refractivity contribution is 5.69. The molecule has 0 saturated carbocycles. The summed E-state index contributed by atoms with van der Waals surface area (Å²) in [6.45, 7) is 5.43. The molecule has 0 radical (unpaired) electrons. The van der Waals surface area contributed by atoms with Gasteiger partial charge in [-0.3, -0.25) is 9.59 Å². The molecule has 0 aromatic rings. The summed E-state index contributed by atoms with van der Waals surface area (Å²) in [5.74, 6) is -0.160. The quantitative estimate of drug-likeness (QED) is 0.0541. The van der Waals surface area contributed by atoms with Gasteiger partial charge in [-0.1, -0.05) is 181 Å². The maximum atomic E-state index is 11.9. The minimum atomic E-state index is -0.0803. The Kier molecular flexibility index (Phi) is 35.2. The maximum Gasteiger partial charge on any atom is 0.305 e. The summed E-state index contributed by atoms with van der Waals surface area (Å²) in [6.07, 6.45) is 39.6. The van der Waals surface area contributed by atoms with Gasteiger partial charge in [0.25, 0.3) is 0 Å². The van der Waals surface area contributed by atoms with Gasteiger partial charge in [0.1, 0.15) is 0 Å². The van der Waals surface area contributed by atoms with Crippen molar-refractivity contribution in [1.82, 2.24) is 0 Å². The topological polar surface area (TPSA) is 52.6 Å². The van der Waals surface area contributed by atoms with E-state index in [1.54, 1.807) is 0 Å². The van der Waals surface area contributed by atoms with Gasteiger partial charge < -0.3 is 9.47 Å². The van der Waals surface area contributed by atoms with Crippen LogP contribution in [0.25, 0.3) is 0 Å². The molecular formula is C38H74O4. The first-order chi connectivity index (χ1) is 20.7. The van der Waals surface area contributed by atoms with E-state index in [1.165, 1.54) is 154 Å². The van der Waals surface area contributed by atoms with E-state index in [9.17, 15) is 9.59 Å². The van der Waals surface area contributed by atoms with Gasteiger partial charge in [-0.2, -0.15) is 0 Å². The highest BCUT2D eigenvalue weighted by Crippen LogP contribution is 2.15. The molecule has 4 heteroatoms. The molecule has 0 atom stereocenters. The van der Waals surface area contributed by atoms with E-state index in [1.807, 2.05) is 0 Å². The van der Waals surface area contributed by atoms with Gasteiger partial charge in [0.15, 0.2) is 0 Å². The standard InChI is InChI=1S/C38H74O4/c1-3-5-7-9-11-13-15-17-18-20-22-24-26-28-30-34-38(40)42-36-32-31-35-41-37(39)33-29-27-25-23-21-19-16-14-12-10-8-6-4-2/h3-36H2,1-2H3. The van der Waals surface area contributed by atoms with Crippen LogP contribution in [0, 0.1) is 0 Å². The SMILES string of the molecule is CCCCCCCCCCCCCCCCCC(=O)OCCCCOC(=O)CCCCCCCCCCCCCCC. The molecule has 0 rings (SSSR count). The largest absolute Gasteiger partial charge is 0.466 e. The molecule has 0 aliphatic rings. The lowest BCUT2D eigenvalue weighted by molar-refractivity contribution is -0.146. The Balaban J connectivity index is 3.25. The van der Waals surface area contributed by atoms with Gasteiger partial charge in [-0.15, -0.1) is 0 Å². The van der Waals surface area contributed by atoms with Crippen molar-refractivity contribution in [2.24, 2.45) is 0 Å². The van der Waals surface area contributed by atoms with Gasteiger partial charge >= 0.3 is 11.9 Å². The minimum Gasteiger partial charge on any atom is -0.466 e. The van der Waals surface area contributed by atoms with Crippen LogP contribution < -0.4 is 0 Å². The minimum absolute atomic E-state index is 0.0795. The van der Waals surface area contributed by atoms with Crippen molar-refractivity contribution in [3.05, 3.63) is 0 Å². The average molecular weight is 595 g/mol. The fraction of sp³-hybridized carbons (Fsp3) is 0.947. The summed E-state index contributed by atoms with van der Waals surface area (Å²) >= 11 is 0. The first-order valence-corrected chi connectivity index (χ1v) is 19.0. The molecule has 0 unspecified atom stereocenters. The molecule has 0 heterocycles.